The summed E-state index contributed by atoms with van der Waals surface area (Å²) < 4.78 is 0. The monoisotopic (exact) mass is 270 g/mol. The van der Waals surface area contributed by atoms with Crippen molar-refractivity contribution < 1.29 is 4.79 Å². The first-order chi connectivity index (χ1) is 9.72. The van der Waals surface area contributed by atoms with Gasteiger partial charge in [-0.25, -0.2) is 0 Å². The van der Waals surface area contributed by atoms with E-state index in [0.717, 1.165) is 29.6 Å². The number of hydrogen-bond acceptors (Lipinski definition) is 4. The normalized spacial score (nSPS) is 19.1. The van der Waals surface area contributed by atoms with Gasteiger partial charge in [0.05, 0.1) is 16.9 Å². The maximum Gasteiger partial charge on any atom is 0.242 e. The molecule has 1 aromatic heterocycles. The summed E-state index contributed by atoms with van der Waals surface area (Å²) in [4.78, 5) is 18.4. The molecule has 5 nitrogen and oxygen atoms in total. The van der Waals surface area contributed by atoms with E-state index in [2.05, 4.69) is 15.2 Å². The van der Waals surface area contributed by atoms with Crippen LogP contribution in [0.25, 0.3) is 10.9 Å². The molecule has 1 amide bonds. The fourth-order valence-electron chi connectivity index (χ4n) is 2.82. The van der Waals surface area contributed by atoms with Crippen LogP contribution >= 0.6 is 0 Å². The molecule has 3 rings (SSSR count). The molecule has 1 aliphatic heterocycles. The van der Waals surface area contributed by atoms with Gasteiger partial charge in [0.2, 0.25) is 5.91 Å². The molecule has 1 saturated heterocycles. The van der Waals surface area contributed by atoms with E-state index in [-0.39, 0.29) is 11.9 Å². The van der Waals surface area contributed by atoms with Crippen LogP contribution in [0.5, 0.6) is 0 Å². The number of amides is 1. The van der Waals surface area contributed by atoms with Crippen molar-refractivity contribution in [2.45, 2.75) is 19.4 Å². The molecular formula is C15H18N4O. The van der Waals surface area contributed by atoms with E-state index >= 15 is 0 Å². The third-order valence-corrected chi connectivity index (χ3v) is 3.83. The lowest BCUT2D eigenvalue weighted by Gasteiger charge is -2.37. The van der Waals surface area contributed by atoms with E-state index in [4.69, 9.17) is 5.73 Å². The highest BCUT2D eigenvalue weighted by atomic mass is 16.2. The van der Waals surface area contributed by atoms with E-state index in [1.165, 1.54) is 0 Å². The van der Waals surface area contributed by atoms with E-state index in [0.29, 0.717) is 12.2 Å². The van der Waals surface area contributed by atoms with Gasteiger partial charge in [0, 0.05) is 24.7 Å². The minimum absolute atomic E-state index is 0.0735. The zero-order valence-corrected chi connectivity index (χ0v) is 11.5. The van der Waals surface area contributed by atoms with Crippen LogP contribution in [0.15, 0.2) is 30.5 Å². The third kappa shape index (κ3) is 1.95. The number of nitrogens with two attached hydrogens (primary N) is 1. The van der Waals surface area contributed by atoms with Crippen LogP contribution in [0.2, 0.25) is 0 Å². The van der Waals surface area contributed by atoms with E-state index in [1.807, 2.05) is 31.2 Å². The molecule has 20 heavy (non-hydrogen) atoms. The van der Waals surface area contributed by atoms with Crippen molar-refractivity contribution in [3.8, 4) is 0 Å². The van der Waals surface area contributed by atoms with Crippen molar-refractivity contribution in [2.24, 2.45) is 0 Å². The second-order valence-corrected chi connectivity index (χ2v) is 4.98. The summed E-state index contributed by atoms with van der Waals surface area (Å²) in [5, 5.41) is 3.84. The first kappa shape index (κ1) is 12.7. The number of piperazine rings is 1. The largest absolute Gasteiger partial charge is 0.396 e. The Morgan fingerprint density at radius 3 is 3.10 bits per heavy atom. The van der Waals surface area contributed by atoms with Crippen LogP contribution in [0, 0.1) is 0 Å². The van der Waals surface area contributed by atoms with Gasteiger partial charge in [-0.3, -0.25) is 9.78 Å². The topological polar surface area (TPSA) is 71.2 Å². The van der Waals surface area contributed by atoms with E-state index < -0.39 is 0 Å². The van der Waals surface area contributed by atoms with Crippen molar-refractivity contribution in [1.29, 1.82) is 0 Å². The van der Waals surface area contributed by atoms with Gasteiger partial charge < -0.3 is 16.0 Å². The molecule has 2 aromatic rings. The summed E-state index contributed by atoms with van der Waals surface area (Å²) in [7, 11) is 0. The van der Waals surface area contributed by atoms with Gasteiger partial charge in [-0.15, -0.1) is 0 Å². The predicted molar refractivity (Wildman–Crippen MR) is 80.6 cm³/mol. The van der Waals surface area contributed by atoms with Crippen molar-refractivity contribution in [1.82, 2.24) is 10.3 Å². The zero-order chi connectivity index (χ0) is 14.1. The average Bonchev–Trinajstić information content (AvgIpc) is 2.48. The van der Waals surface area contributed by atoms with Gasteiger partial charge in [0.25, 0.3) is 0 Å². The number of hydrogen-bond donors (Lipinski definition) is 2. The van der Waals surface area contributed by atoms with Crippen LogP contribution in [0.3, 0.4) is 0 Å². The van der Waals surface area contributed by atoms with Crippen LogP contribution in [0.4, 0.5) is 11.4 Å². The lowest BCUT2D eigenvalue weighted by atomic mass is 10.1. The fourth-order valence-corrected chi connectivity index (χ4v) is 2.82. The van der Waals surface area contributed by atoms with Gasteiger partial charge in [0.1, 0.15) is 6.04 Å². The first-order valence-electron chi connectivity index (χ1n) is 6.90. The lowest BCUT2D eigenvalue weighted by Crippen LogP contribution is -2.55. The molecule has 1 atom stereocenters. The molecule has 1 aliphatic rings. The van der Waals surface area contributed by atoms with Crippen molar-refractivity contribution in [3.05, 3.63) is 30.5 Å². The Balaban J connectivity index is 2.09. The highest BCUT2D eigenvalue weighted by Gasteiger charge is 2.29. The number of carbonyl (C=O) groups is 1. The molecule has 0 saturated carbocycles. The number of nitrogens with zero attached hydrogens (tertiary/aromatic N) is 2. The molecule has 1 aromatic carbocycles. The standard InChI is InChI=1S/C15H18N4O/c1-2-12-15(20)18-8-9-19(12)13-6-5-11-10(14(13)16)4-3-7-17-11/h3-7,12H,2,8-9,16H2,1H3,(H,18,20). The van der Waals surface area contributed by atoms with Gasteiger partial charge >= 0.3 is 0 Å². The minimum atomic E-state index is -0.153. The van der Waals surface area contributed by atoms with Crippen molar-refractivity contribution >= 4 is 28.2 Å². The minimum Gasteiger partial charge on any atom is -0.396 e. The highest BCUT2D eigenvalue weighted by molar-refractivity contribution is 5.98. The van der Waals surface area contributed by atoms with E-state index in [1.54, 1.807) is 6.20 Å². The Labute approximate surface area is 117 Å². The van der Waals surface area contributed by atoms with E-state index in [9.17, 15) is 4.79 Å². The Bertz CT molecular complexity index is 655. The molecule has 0 aliphatic carbocycles. The molecule has 0 radical (unpaired) electrons. The number of nitrogens with one attached hydrogen (secondary N) is 1. The first-order valence-corrected chi connectivity index (χ1v) is 6.90. The Kier molecular flexibility index (Phi) is 3.18. The summed E-state index contributed by atoms with van der Waals surface area (Å²) in [6.45, 7) is 3.45. The Hall–Kier alpha value is -2.30. The summed E-state index contributed by atoms with van der Waals surface area (Å²) in [5.74, 6) is 0.0735. The van der Waals surface area contributed by atoms with Gasteiger partial charge in [-0.05, 0) is 30.7 Å². The molecule has 3 N–H and O–H groups in total. The molecular weight excluding hydrogens is 252 g/mol. The third-order valence-electron chi connectivity index (χ3n) is 3.83. The van der Waals surface area contributed by atoms with Gasteiger partial charge in [-0.1, -0.05) is 6.92 Å². The van der Waals surface area contributed by atoms with Gasteiger partial charge in [0.15, 0.2) is 0 Å². The number of aromatic nitrogens is 1. The fraction of sp³-hybridized carbons (Fsp3) is 0.333. The molecule has 1 unspecified atom stereocenters. The maximum absolute atomic E-state index is 12.0. The number of nitrogen functional groups attached to an aromatic ring is 1. The van der Waals surface area contributed by atoms with Crippen LogP contribution in [-0.4, -0.2) is 30.0 Å². The quantitative estimate of drug-likeness (QED) is 0.812. The molecule has 2 heterocycles. The second kappa shape index (κ2) is 5.00. The van der Waals surface area contributed by atoms with Gasteiger partial charge in [-0.2, -0.15) is 0 Å². The van der Waals surface area contributed by atoms with Crippen molar-refractivity contribution in [3.63, 3.8) is 0 Å². The summed E-state index contributed by atoms with van der Waals surface area (Å²) >= 11 is 0. The van der Waals surface area contributed by atoms with Crippen LogP contribution < -0.4 is 16.0 Å². The molecule has 0 bridgehead atoms. The molecule has 104 valence electrons. The highest BCUT2D eigenvalue weighted by Crippen LogP contribution is 2.32. The summed E-state index contributed by atoms with van der Waals surface area (Å²) in [6, 6.07) is 7.61. The number of benzene rings is 1. The maximum atomic E-state index is 12.0. The number of rotatable bonds is 2. The van der Waals surface area contributed by atoms with Crippen LogP contribution in [-0.2, 0) is 4.79 Å². The number of fused-ring (bicyclic) bond motifs is 1. The van der Waals surface area contributed by atoms with Crippen molar-refractivity contribution in [2.75, 3.05) is 23.7 Å². The molecule has 0 spiro atoms. The SMILES string of the molecule is CCC1C(=O)NCCN1c1ccc2ncccc2c1N. The smallest absolute Gasteiger partial charge is 0.242 e. The predicted octanol–water partition coefficient (Wildman–Crippen LogP) is 1.53. The lowest BCUT2D eigenvalue weighted by molar-refractivity contribution is -0.123. The number of carbonyl (C=O) groups excluding carboxylic acids is 1. The number of anilines is 2. The molecule has 5 heteroatoms. The van der Waals surface area contributed by atoms with Crippen LogP contribution in [0.1, 0.15) is 13.3 Å². The molecule has 1 fully saturated rings. The second-order valence-electron chi connectivity index (χ2n) is 4.98. The summed E-state index contributed by atoms with van der Waals surface area (Å²) in [5.41, 5.74) is 8.80. The number of pyridine rings is 1. The Morgan fingerprint density at radius 2 is 2.30 bits per heavy atom. The zero-order valence-electron chi connectivity index (χ0n) is 11.5. The average molecular weight is 270 g/mol. The summed E-state index contributed by atoms with van der Waals surface area (Å²) in [6.07, 6.45) is 2.51. The Morgan fingerprint density at radius 1 is 1.45 bits per heavy atom.